The van der Waals surface area contributed by atoms with Crippen molar-refractivity contribution in [3.63, 3.8) is 0 Å². The molecule has 1 aliphatic rings. The van der Waals surface area contributed by atoms with Crippen LogP contribution in [0, 0.1) is 5.92 Å². The van der Waals surface area contributed by atoms with Gasteiger partial charge in [-0.15, -0.1) is 0 Å². The van der Waals surface area contributed by atoms with Gasteiger partial charge in [-0.1, -0.05) is 48.5 Å². The van der Waals surface area contributed by atoms with Gasteiger partial charge in [-0.05, 0) is 31.0 Å². The number of benzene rings is 2. The summed E-state index contributed by atoms with van der Waals surface area (Å²) in [6, 6.07) is 20.4. The number of hydrogen-bond donors (Lipinski definition) is 1. The smallest absolute Gasteiger partial charge is 0.193 e. The summed E-state index contributed by atoms with van der Waals surface area (Å²) in [5, 5.41) is 3.39. The molecule has 2 aromatic carbocycles. The monoisotopic (exact) mass is 381 g/mol. The van der Waals surface area contributed by atoms with Gasteiger partial charge in [-0.3, -0.25) is 4.99 Å². The summed E-state index contributed by atoms with van der Waals surface area (Å²) in [5.41, 5.74) is 1.25. The zero-order chi connectivity index (χ0) is 19.6. The Labute approximate surface area is 168 Å². The first kappa shape index (κ1) is 20.2. The van der Waals surface area contributed by atoms with Crippen LogP contribution < -0.4 is 10.1 Å². The largest absolute Gasteiger partial charge is 0.492 e. The van der Waals surface area contributed by atoms with Crippen molar-refractivity contribution in [2.24, 2.45) is 10.9 Å². The maximum Gasteiger partial charge on any atom is 0.193 e. The SMILES string of the molecule is CCNC(=NCC1CCOC1c1ccccc1)N(C)CCOc1ccccc1. The van der Waals surface area contributed by atoms with E-state index in [1.165, 1.54) is 5.56 Å². The van der Waals surface area contributed by atoms with Gasteiger partial charge in [-0.25, -0.2) is 0 Å². The van der Waals surface area contributed by atoms with Crippen molar-refractivity contribution in [3.8, 4) is 5.75 Å². The molecule has 1 N–H and O–H groups in total. The minimum Gasteiger partial charge on any atom is -0.492 e. The topological polar surface area (TPSA) is 46.1 Å². The van der Waals surface area contributed by atoms with Crippen molar-refractivity contribution in [3.05, 3.63) is 66.2 Å². The van der Waals surface area contributed by atoms with Crippen LogP contribution in [0.2, 0.25) is 0 Å². The van der Waals surface area contributed by atoms with E-state index in [2.05, 4.69) is 48.5 Å². The van der Waals surface area contributed by atoms with Crippen LogP contribution in [0.3, 0.4) is 0 Å². The highest BCUT2D eigenvalue weighted by Crippen LogP contribution is 2.34. The van der Waals surface area contributed by atoms with E-state index in [1.807, 2.05) is 36.4 Å². The summed E-state index contributed by atoms with van der Waals surface area (Å²) >= 11 is 0. The zero-order valence-electron chi connectivity index (χ0n) is 16.9. The van der Waals surface area contributed by atoms with E-state index < -0.39 is 0 Å². The number of nitrogens with one attached hydrogen (secondary N) is 1. The van der Waals surface area contributed by atoms with E-state index in [0.29, 0.717) is 12.5 Å². The van der Waals surface area contributed by atoms with E-state index in [4.69, 9.17) is 14.5 Å². The second-order valence-electron chi connectivity index (χ2n) is 7.03. The molecule has 1 saturated heterocycles. The molecule has 1 heterocycles. The van der Waals surface area contributed by atoms with Crippen LogP contribution in [0.5, 0.6) is 5.75 Å². The predicted octanol–water partition coefficient (Wildman–Crippen LogP) is 3.74. The van der Waals surface area contributed by atoms with Crippen molar-refractivity contribution in [1.29, 1.82) is 0 Å². The first-order valence-corrected chi connectivity index (χ1v) is 10.1. The molecule has 5 heteroatoms. The van der Waals surface area contributed by atoms with Crippen molar-refractivity contribution in [2.45, 2.75) is 19.4 Å². The number of ether oxygens (including phenoxy) is 2. The van der Waals surface area contributed by atoms with Gasteiger partial charge in [0.2, 0.25) is 0 Å². The van der Waals surface area contributed by atoms with E-state index in [-0.39, 0.29) is 6.10 Å². The van der Waals surface area contributed by atoms with Gasteiger partial charge in [-0.2, -0.15) is 0 Å². The molecule has 3 rings (SSSR count). The van der Waals surface area contributed by atoms with Gasteiger partial charge < -0.3 is 19.7 Å². The van der Waals surface area contributed by atoms with Gasteiger partial charge in [0.05, 0.1) is 12.6 Å². The minimum absolute atomic E-state index is 0.138. The van der Waals surface area contributed by atoms with Crippen LogP contribution >= 0.6 is 0 Å². The summed E-state index contributed by atoms with van der Waals surface area (Å²) < 4.78 is 11.8. The van der Waals surface area contributed by atoms with Crippen LogP contribution in [0.15, 0.2) is 65.7 Å². The highest BCUT2D eigenvalue weighted by molar-refractivity contribution is 5.79. The van der Waals surface area contributed by atoms with E-state index in [9.17, 15) is 0 Å². The zero-order valence-corrected chi connectivity index (χ0v) is 16.9. The summed E-state index contributed by atoms with van der Waals surface area (Å²) in [5.74, 6) is 2.22. The summed E-state index contributed by atoms with van der Waals surface area (Å²) in [6.07, 6.45) is 1.18. The quantitative estimate of drug-likeness (QED) is 0.559. The fraction of sp³-hybridized carbons (Fsp3) is 0.435. The number of guanidine groups is 1. The average Bonchev–Trinajstić information content (AvgIpc) is 3.21. The maximum absolute atomic E-state index is 5.99. The Bertz CT molecular complexity index is 721. The molecule has 5 nitrogen and oxygen atoms in total. The van der Waals surface area contributed by atoms with Crippen LogP contribution in [0.4, 0.5) is 0 Å². The van der Waals surface area contributed by atoms with Crippen LogP contribution in [-0.2, 0) is 4.74 Å². The fourth-order valence-corrected chi connectivity index (χ4v) is 3.43. The molecule has 28 heavy (non-hydrogen) atoms. The number of aliphatic imine (C=N–C) groups is 1. The van der Waals surface area contributed by atoms with Crippen molar-refractivity contribution >= 4 is 5.96 Å². The average molecular weight is 382 g/mol. The number of rotatable bonds is 8. The summed E-state index contributed by atoms with van der Waals surface area (Å²) in [6.45, 7) is 5.87. The number of para-hydroxylation sites is 1. The molecule has 0 bridgehead atoms. The standard InChI is InChI=1S/C23H31N3O2/c1-3-24-23(26(2)15-17-27-21-12-8-5-9-13-21)25-18-20-14-16-28-22(20)19-10-6-4-7-11-19/h4-13,20,22H,3,14-18H2,1-2H3,(H,24,25). The van der Waals surface area contributed by atoms with Crippen molar-refractivity contribution in [1.82, 2.24) is 10.2 Å². The third-order valence-corrected chi connectivity index (χ3v) is 4.95. The molecule has 2 atom stereocenters. The number of likely N-dealkylation sites (N-methyl/N-ethyl adjacent to an activating group) is 1. The lowest BCUT2D eigenvalue weighted by atomic mass is 9.95. The second kappa shape index (κ2) is 10.7. The fourth-order valence-electron chi connectivity index (χ4n) is 3.43. The molecule has 0 aromatic heterocycles. The second-order valence-corrected chi connectivity index (χ2v) is 7.03. The first-order chi connectivity index (χ1) is 13.8. The molecule has 1 aliphatic heterocycles. The highest BCUT2D eigenvalue weighted by atomic mass is 16.5. The van der Waals surface area contributed by atoms with Gasteiger partial charge >= 0.3 is 0 Å². The van der Waals surface area contributed by atoms with Gasteiger partial charge in [0.1, 0.15) is 12.4 Å². The van der Waals surface area contributed by atoms with Gasteiger partial charge in [0, 0.05) is 32.7 Å². The van der Waals surface area contributed by atoms with E-state index in [1.54, 1.807) is 0 Å². The van der Waals surface area contributed by atoms with E-state index >= 15 is 0 Å². The molecule has 0 aliphatic carbocycles. The Hall–Kier alpha value is -2.53. The molecular weight excluding hydrogens is 350 g/mol. The molecule has 0 saturated carbocycles. The Morgan fingerprint density at radius 2 is 1.86 bits per heavy atom. The van der Waals surface area contributed by atoms with Crippen molar-refractivity contribution < 1.29 is 9.47 Å². The third kappa shape index (κ3) is 5.73. The predicted molar refractivity (Wildman–Crippen MR) is 114 cm³/mol. The molecule has 2 unspecified atom stereocenters. The third-order valence-electron chi connectivity index (χ3n) is 4.95. The van der Waals surface area contributed by atoms with Gasteiger partial charge in [0.15, 0.2) is 5.96 Å². The minimum atomic E-state index is 0.138. The molecule has 0 radical (unpaired) electrons. The maximum atomic E-state index is 5.99. The van der Waals surface area contributed by atoms with Crippen LogP contribution in [0.25, 0.3) is 0 Å². The lowest BCUT2D eigenvalue weighted by Crippen LogP contribution is -2.41. The molecular formula is C23H31N3O2. The molecule has 0 spiro atoms. The Morgan fingerprint density at radius 3 is 2.57 bits per heavy atom. The normalized spacial score (nSPS) is 19.4. The molecule has 2 aromatic rings. The Kier molecular flexibility index (Phi) is 7.73. The Balaban J connectivity index is 1.55. The first-order valence-electron chi connectivity index (χ1n) is 10.1. The highest BCUT2D eigenvalue weighted by Gasteiger charge is 2.29. The molecule has 0 amide bonds. The summed E-state index contributed by atoms with van der Waals surface area (Å²) in [7, 11) is 2.05. The summed E-state index contributed by atoms with van der Waals surface area (Å²) in [4.78, 5) is 7.02. The number of nitrogens with zero attached hydrogens (tertiary/aromatic N) is 2. The Morgan fingerprint density at radius 1 is 1.14 bits per heavy atom. The lowest BCUT2D eigenvalue weighted by molar-refractivity contribution is 0.0925. The van der Waals surface area contributed by atoms with Crippen molar-refractivity contribution in [2.75, 3.05) is 39.9 Å². The lowest BCUT2D eigenvalue weighted by Gasteiger charge is -2.23. The molecule has 150 valence electrons. The van der Waals surface area contributed by atoms with Crippen LogP contribution in [-0.4, -0.2) is 50.8 Å². The van der Waals surface area contributed by atoms with E-state index in [0.717, 1.165) is 44.4 Å². The molecule has 1 fully saturated rings. The number of hydrogen-bond acceptors (Lipinski definition) is 3. The van der Waals surface area contributed by atoms with Gasteiger partial charge in [0.25, 0.3) is 0 Å². The van der Waals surface area contributed by atoms with Crippen LogP contribution in [0.1, 0.15) is 25.0 Å².